The SMILES string of the molecule is Cc1c(C#N)c(O[C@@H]2O[C@H](CO)[C@@H](O)[C@H](O)[C@H]2O)nc(-c2ccccc2)c1N=Nc1ccc(Br)cc1. The second kappa shape index (κ2) is 11.2. The maximum absolute atomic E-state index is 10.4. The third-order valence-corrected chi connectivity index (χ3v) is 6.24. The molecule has 0 unspecified atom stereocenters. The first-order chi connectivity index (χ1) is 17.3. The van der Waals surface area contributed by atoms with Gasteiger partial charge < -0.3 is 29.9 Å². The van der Waals surface area contributed by atoms with Gasteiger partial charge in [-0.25, -0.2) is 4.98 Å². The van der Waals surface area contributed by atoms with Gasteiger partial charge in [-0.1, -0.05) is 46.3 Å². The lowest BCUT2D eigenvalue weighted by Crippen LogP contribution is -2.60. The van der Waals surface area contributed by atoms with Crippen molar-refractivity contribution < 1.29 is 29.9 Å². The van der Waals surface area contributed by atoms with Gasteiger partial charge in [0, 0.05) is 15.6 Å². The van der Waals surface area contributed by atoms with Gasteiger partial charge in [0.25, 0.3) is 0 Å². The van der Waals surface area contributed by atoms with Crippen molar-refractivity contribution in [3.05, 3.63) is 70.2 Å². The molecule has 1 aromatic heterocycles. The number of nitriles is 1. The highest BCUT2D eigenvalue weighted by atomic mass is 79.9. The largest absolute Gasteiger partial charge is 0.444 e. The van der Waals surface area contributed by atoms with Crippen LogP contribution in [0.3, 0.4) is 0 Å². The molecule has 36 heavy (non-hydrogen) atoms. The maximum atomic E-state index is 10.4. The lowest BCUT2D eigenvalue weighted by Gasteiger charge is -2.39. The lowest BCUT2D eigenvalue weighted by molar-refractivity contribution is -0.278. The topological polar surface area (TPSA) is 161 Å². The van der Waals surface area contributed by atoms with E-state index in [0.29, 0.717) is 28.2 Å². The molecule has 4 rings (SSSR count). The van der Waals surface area contributed by atoms with E-state index in [0.717, 1.165) is 4.47 Å². The molecule has 5 atom stereocenters. The standard InChI is InChI=1S/C25H23BrN4O6/c1-13-17(11-27)24(36-25-23(34)22(33)21(32)18(12-31)35-25)28-20(14-5-3-2-4-6-14)19(13)30-29-16-9-7-15(26)8-10-16/h2-10,18,21-23,25,31-34H,12H2,1H3/t18-,21-,22+,23-,25+/m1/s1. The minimum absolute atomic E-state index is 0.0244. The lowest BCUT2D eigenvalue weighted by atomic mass is 9.99. The number of nitrogens with zero attached hydrogens (tertiary/aromatic N) is 4. The van der Waals surface area contributed by atoms with Crippen LogP contribution in [0.2, 0.25) is 0 Å². The van der Waals surface area contributed by atoms with Crippen LogP contribution in [0, 0.1) is 18.3 Å². The summed E-state index contributed by atoms with van der Waals surface area (Å²) < 4.78 is 12.1. The van der Waals surface area contributed by atoms with E-state index in [1.807, 2.05) is 48.5 Å². The number of benzene rings is 2. The molecule has 2 heterocycles. The fourth-order valence-electron chi connectivity index (χ4n) is 3.69. The molecule has 10 nitrogen and oxygen atoms in total. The van der Waals surface area contributed by atoms with Crippen LogP contribution in [0.15, 0.2) is 69.3 Å². The van der Waals surface area contributed by atoms with Crippen molar-refractivity contribution in [2.45, 2.75) is 37.6 Å². The Labute approximate surface area is 215 Å². The Morgan fingerprint density at radius 3 is 2.36 bits per heavy atom. The maximum Gasteiger partial charge on any atom is 0.235 e. The molecule has 186 valence electrons. The minimum Gasteiger partial charge on any atom is -0.444 e. The van der Waals surface area contributed by atoms with Crippen molar-refractivity contribution in [2.75, 3.05) is 6.61 Å². The van der Waals surface area contributed by atoms with E-state index in [1.165, 1.54) is 0 Å². The predicted molar refractivity (Wildman–Crippen MR) is 132 cm³/mol. The molecule has 4 N–H and O–H groups in total. The van der Waals surface area contributed by atoms with Gasteiger partial charge in [0.05, 0.1) is 12.3 Å². The Morgan fingerprint density at radius 2 is 1.72 bits per heavy atom. The van der Waals surface area contributed by atoms with Crippen LogP contribution in [0.1, 0.15) is 11.1 Å². The molecule has 1 saturated heterocycles. The van der Waals surface area contributed by atoms with Gasteiger partial charge in [-0.3, -0.25) is 0 Å². The minimum atomic E-state index is -1.66. The number of hydrogen-bond acceptors (Lipinski definition) is 10. The third kappa shape index (κ3) is 5.29. The van der Waals surface area contributed by atoms with Crippen molar-refractivity contribution in [1.82, 2.24) is 4.98 Å². The molecule has 0 amide bonds. The number of halogens is 1. The number of hydrogen-bond donors (Lipinski definition) is 4. The summed E-state index contributed by atoms with van der Waals surface area (Å²) >= 11 is 3.38. The first kappa shape index (κ1) is 25.8. The van der Waals surface area contributed by atoms with Crippen LogP contribution in [0.5, 0.6) is 5.88 Å². The highest BCUT2D eigenvalue weighted by Crippen LogP contribution is 2.39. The Bertz CT molecular complexity index is 1280. The van der Waals surface area contributed by atoms with Gasteiger partial charge >= 0.3 is 0 Å². The molecular weight excluding hydrogens is 532 g/mol. The smallest absolute Gasteiger partial charge is 0.235 e. The van der Waals surface area contributed by atoms with Crippen LogP contribution >= 0.6 is 15.9 Å². The Morgan fingerprint density at radius 1 is 1.03 bits per heavy atom. The Balaban J connectivity index is 1.79. The summed E-state index contributed by atoms with van der Waals surface area (Å²) in [6.45, 7) is 1.05. The first-order valence-electron chi connectivity index (χ1n) is 11.0. The zero-order chi connectivity index (χ0) is 25.8. The van der Waals surface area contributed by atoms with Gasteiger partial charge in [0.1, 0.15) is 47.4 Å². The van der Waals surface area contributed by atoms with Gasteiger partial charge in [-0.05, 0) is 31.2 Å². The summed E-state index contributed by atoms with van der Waals surface area (Å²) in [5.74, 6) is -0.166. The summed E-state index contributed by atoms with van der Waals surface area (Å²) in [4.78, 5) is 4.52. The number of pyridine rings is 1. The van der Waals surface area contributed by atoms with Crippen molar-refractivity contribution in [2.24, 2.45) is 10.2 Å². The van der Waals surface area contributed by atoms with E-state index in [9.17, 15) is 25.7 Å². The van der Waals surface area contributed by atoms with Crippen molar-refractivity contribution in [1.29, 1.82) is 5.26 Å². The molecule has 0 saturated carbocycles. The van der Waals surface area contributed by atoms with Crippen LogP contribution in [-0.2, 0) is 4.74 Å². The van der Waals surface area contributed by atoms with Gasteiger partial charge in [0.15, 0.2) is 0 Å². The zero-order valence-electron chi connectivity index (χ0n) is 19.1. The molecule has 0 bridgehead atoms. The van der Waals surface area contributed by atoms with E-state index in [-0.39, 0.29) is 11.4 Å². The molecule has 1 fully saturated rings. The number of ether oxygens (including phenoxy) is 2. The first-order valence-corrected chi connectivity index (χ1v) is 11.8. The number of azo groups is 1. The molecule has 2 aromatic carbocycles. The molecule has 0 spiro atoms. The van der Waals surface area contributed by atoms with Crippen LogP contribution in [0.25, 0.3) is 11.3 Å². The summed E-state index contributed by atoms with van der Waals surface area (Å²) in [5.41, 5.74) is 2.43. The molecule has 1 aliphatic rings. The monoisotopic (exact) mass is 554 g/mol. The summed E-state index contributed by atoms with van der Waals surface area (Å²) in [6, 6.07) is 18.4. The van der Waals surface area contributed by atoms with E-state index >= 15 is 0 Å². The van der Waals surface area contributed by atoms with Crippen LogP contribution in [-0.4, -0.2) is 62.7 Å². The van der Waals surface area contributed by atoms with Crippen molar-refractivity contribution in [3.8, 4) is 23.2 Å². The number of rotatable bonds is 6. The molecule has 1 aliphatic heterocycles. The summed E-state index contributed by atoms with van der Waals surface area (Å²) in [6.07, 6.45) is -7.52. The summed E-state index contributed by atoms with van der Waals surface area (Å²) in [5, 5.41) is 58.6. The highest BCUT2D eigenvalue weighted by molar-refractivity contribution is 9.10. The van der Waals surface area contributed by atoms with Crippen molar-refractivity contribution >= 4 is 27.3 Å². The third-order valence-electron chi connectivity index (χ3n) is 5.71. The normalized spacial score (nSPS) is 24.0. The molecular formula is C25H23BrN4O6. The van der Waals surface area contributed by atoms with Gasteiger partial charge in [-0.15, -0.1) is 5.11 Å². The fraction of sp³-hybridized carbons (Fsp3) is 0.280. The van der Waals surface area contributed by atoms with Crippen LogP contribution < -0.4 is 4.74 Å². The number of aromatic nitrogens is 1. The van der Waals surface area contributed by atoms with E-state index < -0.39 is 37.3 Å². The average Bonchev–Trinajstić information content (AvgIpc) is 2.89. The predicted octanol–water partition coefficient (Wildman–Crippen LogP) is 3.29. The molecule has 0 radical (unpaired) electrons. The Kier molecular flexibility index (Phi) is 8.05. The quantitative estimate of drug-likeness (QED) is 0.337. The highest BCUT2D eigenvalue weighted by Gasteiger charge is 2.45. The van der Waals surface area contributed by atoms with E-state index in [1.54, 1.807) is 19.1 Å². The average molecular weight is 555 g/mol. The van der Waals surface area contributed by atoms with Gasteiger partial charge in [0.2, 0.25) is 12.2 Å². The second-order valence-corrected chi connectivity index (χ2v) is 9.00. The van der Waals surface area contributed by atoms with E-state index in [2.05, 4.69) is 31.1 Å². The van der Waals surface area contributed by atoms with E-state index in [4.69, 9.17) is 9.47 Å². The number of aliphatic hydroxyl groups excluding tert-OH is 4. The van der Waals surface area contributed by atoms with Crippen LogP contribution in [0.4, 0.5) is 11.4 Å². The Hall–Kier alpha value is -3.24. The van der Waals surface area contributed by atoms with Crippen molar-refractivity contribution in [3.63, 3.8) is 0 Å². The second-order valence-electron chi connectivity index (χ2n) is 8.08. The zero-order valence-corrected chi connectivity index (χ0v) is 20.6. The summed E-state index contributed by atoms with van der Waals surface area (Å²) in [7, 11) is 0. The fourth-order valence-corrected chi connectivity index (χ4v) is 3.96. The molecule has 11 heteroatoms. The van der Waals surface area contributed by atoms with Gasteiger partial charge in [-0.2, -0.15) is 10.4 Å². The number of aliphatic hydroxyl groups is 4. The molecule has 3 aromatic rings. The molecule has 0 aliphatic carbocycles.